The monoisotopic (exact) mass is 365 g/mol. The molecule has 1 aromatic carbocycles. The van der Waals surface area contributed by atoms with E-state index in [-0.39, 0.29) is 25.4 Å². The molecule has 1 amide bonds. The van der Waals surface area contributed by atoms with Crippen LogP contribution in [0.3, 0.4) is 0 Å². The van der Waals surface area contributed by atoms with E-state index in [9.17, 15) is 18.0 Å². The number of carbonyl (C=O) groups is 1. The zero-order valence-corrected chi connectivity index (χ0v) is 13.9. The first kappa shape index (κ1) is 16.9. The normalized spacial score (nSPS) is 18.6. The van der Waals surface area contributed by atoms with Gasteiger partial charge in [0.1, 0.15) is 29.8 Å². The van der Waals surface area contributed by atoms with Gasteiger partial charge in [-0.25, -0.2) is 0 Å². The maximum absolute atomic E-state index is 13.4. The molecule has 8 heteroatoms. The van der Waals surface area contributed by atoms with E-state index in [0.717, 1.165) is 4.90 Å². The van der Waals surface area contributed by atoms with Gasteiger partial charge in [-0.1, -0.05) is 18.2 Å². The summed E-state index contributed by atoms with van der Waals surface area (Å²) in [5, 5.41) is 4.30. The fourth-order valence-corrected chi connectivity index (χ4v) is 3.38. The maximum atomic E-state index is 13.4. The van der Waals surface area contributed by atoms with Gasteiger partial charge in [0.2, 0.25) is 0 Å². The summed E-state index contributed by atoms with van der Waals surface area (Å²) in [5.41, 5.74) is 0.715. The molecule has 2 aromatic rings. The molecular weight excluding hydrogens is 347 g/mol. The molecule has 1 fully saturated rings. The third-order valence-corrected chi connectivity index (χ3v) is 4.73. The van der Waals surface area contributed by atoms with E-state index in [2.05, 4.69) is 5.10 Å². The molecule has 1 aliphatic heterocycles. The van der Waals surface area contributed by atoms with Crippen molar-refractivity contribution in [2.45, 2.75) is 38.2 Å². The van der Waals surface area contributed by atoms with E-state index in [1.54, 1.807) is 12.1 Å². The Bertz CT molecular complexity index is 800. The minimum Gasteiger partial charge on any atom is -0.487 e. The lowest BCUT2D eigenvalue weighted by molar-refractivity contribution is -0.183. The number of nitrogens with zero attached hydrogens (tertiary/aromatic N) is 3. The molecule has 138 valence electrons. The Morgan fingerprint density at radius 1 is 1.19 bits per heavy atom. The average molecular weight is 365 g/mol. The Kier molecular flexibility index (Phi) is 4.13. The van der Waals surface area contributed by atoms with Crippen LogP contribution in [0.25, 0.3) is 0 Å². The van der Waals surface area contributed by atoms with Crippen LogP contribution in [-0.2, 0) is 13.2 Å². The Morgan fingerprint density at radius 2 is 1.92 bits per heavy atom. The van der Waals surface area contributed by atoms with Gasteiger partial charge >= 0.3 is 6.18 Å². The van der Waals surface area contributed by atoms with Gasteiger partial charge in [-0.2, -0.15) is 18.3 Å². The molecule has 1 aromatic heterocycles. The molecule has 1 atom stereocenters. The van der Waals surface area contributed by atoms with E-state index < -0.39 is 24.0 Å². The quantitative estimate of drug-likeness (QED) is 0.817. The topological polar surface area (TPSA) is 47.4 Å². The van der Waals surface area contributed by atoms with Crippen LogP contribution in [0, 0.1) is 5.92 Å². The van der Waals surface area contributed by atoms with Crippen LogP contribution in [0.2, 0.25) is 0 Å². The van der Waals surface area contributed by atoms with Gasteiger partial charge in [0.15, 0.2) is 0 Å². The van der Waals surface area contributed by atoms with Crippen LogP contribution < -0.4 is 4.74 Å². The number of hydrogen-bond acceptors (Lipinski definition) is 3. The molecule has 2 heterocycles. The van der Waals surface area contributed by atoms with Crippen molar-refractivity contribution in [3.05, 3.63) is 47.8 Å². The first-order chi connectivity index (χ1) is 12.4. The van der Waals surface area contributed by atoms with E-state index in [0.29, 0.717) is 24.3 Å². The third-order valence-electron chi connectivity index (χ3n) is 4.73. The Hall–Kier alpha value is -2.51. The summed E-state index contributed by atoms with van der Waals surface area (Å²) in [5.74, 6) is -0.421. The highest BCUT2D eigenvalue weighted by molar-refractivity contribution is 5.93. The second-order valence-electron chi connectivity index (χ2n) is 6.67. The number of amides is 1. The fourth-order valence-electron chi connectivity index (χ4n) is 3.38. The van der Waals surface area contributed by atoms with Gasteiger partial charge < -0.3 is 9.64 Å². The summed E-state index contributed by atoms with van der Waals surface area (Å²) in [6.45, 7) is 0.432. The first-order valence-corrected chi connectivity index (χ1v) is 8.56. The summed E-state index contributed by atoms with van der Waals surface area (Å²) in [6, 6.07) is 8.97. The van der Waals surface area contributed by atoms with Crippen LogP contribution in [0.1, 0.15) is 29.0 Å². The molecule has 0 N–H and O–H groups in total. The van der Waals surface area contributed by atoms with Gasteiger partial charge in [0.05, 0.1) is 6.54 Å². The van der Waals surface area contributed by atoms with Crippen molar-refractivity contribution in [3.63, 3.8) is 0 Å². The molecule has 5 nitrogen and oxygen atoms in total. The van der Waals surface area contributed by atoms with E-state index >= 15 is 0 Å². The van der Waals surface area contributed by atoms with Crippen molar-refractivity contribution in [2.75, 3.05) is 6.54 Å². The number of hydrogen-bond donors (Lipinski definition) is 0. The number of aromatic nitrogens is 2. The van der Waals surface area contributed by atoms with E-state index in [1.807, 2.05) is 18.2 Å². The number of alkyl halides is 3. The Labute approximate surface area is 148 Å². The SMILES string of the molecule is O=C1c2cc(COc3ccccc3)nn2CCN1C(C1CC1)C(F)(F)F. The lowest BCUT2D eigenvalue weighted by atomic mass is 10.1. The summed E-state index contributed by atoms with van der Waals surface area (Å²) < 4.78 is 47.3. The first-order valence-electron chi connectivity index (χ1n) is 8.56. The average Bonchev–Trinajstić information content (AvgIpc) is 3.33. The van der Waals surface area contributed by atoms with Crippen LogP contribution in [0.15, 0.2) is 36.4 Å². The molecule has 1 saturated carbocycles. The lowest BCUT2D eigenvalue weighted by Gasteiger charge is -2.35. The standard InChI is InChI=1S/C18H18F3N3O2/c19-18(20,21)16(12-6-7-12)23-8-9-24-15(17(23)25)10-13(22-24)11-26-14-4-2-1-3-5-14/h1-5,10,12,16H,6-9,11H2. The van der Waals surface area contributed by atoms with Crippen molar-refractivity contribution >= 4 is 5.91 Å². The van der Waals surface area contributed by atoms with Gasteiger partial charge in [0.25, 0.3) is 5.91 Å². The van der Waals surface area contributed by atoms with Gasteiger partial charge in [-0.05, 0) is 37.0 Å². The highest BCUT2D eigenvalue weighted by Crippen LogP contribution is 2.44. The van der Waals surface area contributed by atoms with Gasteiger partial charge in [-0.3, -0.25) is 9.48 Å². The van der Waals surface area contributed by atoms with Crippen molar-refractivity contribution in [2.24, 2.45) is 5.92 Å². The maximum Gasteiger partial charge on any atom is 0.409 e. The van der Waals surface area contributed by atoms with Gasteiger partial charge in [0, 0.05) is 6.54 Å². The second-order valence-corrected chi connectivity index (χ2v) is 6.67. The molecular formula is C18H18F3N3O2. The van der Waals surface area contributed by atoms with Crippen LogP contribution >= 0.6 is 0 Å². The van der Waals surface area contributed by atoms with Crippen LogP contribution in [-0.4, -0.2) is 39.4 Å². The summed E-state index contributed by atoms with van der Waals surface area (Å²) in [6.07, 6.45) is -3.37. The van der Waals surface area contributed by atoms with Crippen molar-refractivity contribution in [1.29, 1.82) is 0 Å². The Morgan fingerprint density at radius 3 is 2.58 bits per heavy atom. The van der Waals surface area contributed by atoms with Crippen molar-refractivity contribution < 1.29 is 22.7 Å². The van der Waals surface area contributed by atoms with Crippen LogP contribution in [0.5, 0.6) is 5.75 Å². The number of halogens is 3. The van der Waals surface area contributed by atoms with E-state index in [4.69, 9.17) is 4.74 Å². The molecule has 0 bridgehead atoms. The smallest absolute Gasteiger partial charge is 0.409 e. The van der Waals surface area contributed by atoms with Crippen molar-refractivity contribution in [1.82, 2.24) is 14.7 Å². The number of para-hydroxylation sites is 1. The number of ether oxygens (including phenoxy) is 1. The molecule has 4 rings (SSSR count). The lowest BCUT2D eigenvalue weighted by Crippen LogP contribution is -2.53. The number of benzene rings is 1. The molecule has 0 spiro atoms. The zero-order valence-electron chi connectivity index (χ0n) is 13.9. The van der Waals surface area contributed by atoms with Crippen molar-refractivity contribution in [3.8, 4) is 5.75 Å². The summed E-state index contributed by atoms with van der Waals surface area (Å²) >= 11 is 0. The molecule has 26 heavy (non-hydrogen) atoms. The minimum absolute atomic E-state index is 0.0210. The minimum atomic E-state index is -4.40. The van der Waals surface area contributed by atoms with E-state index in [1.165, 1.54) is 10.7 Å². The molecule has 0 radical (unpaired) electrons. The number of carbonyl (C=O) groups excluding carboxylic acids is 1. The molecule has 1 aliphatic carbocycles. The summed E-state index contributed by atoms with van der Waals surface area (Å²) in [7, 11) is 0. The zero-order chi connectivity index (χ0) is 18.3. The molecule has 1 unspecified atom stereocenters. The predicted octanol–water partition coefficient (Wildman–Crippen LogP) is 3.26. The highest BCUT2D eigenvalue weighted by Gasteiger charge is 2.54. The predicted molar refractivity (Wildman–Crippen MR) is 86.6 cm³/mol. The number of fused-ring (bicyclic) bond motifs is 1. The largest absolute Gasteiger partial charge is 0.487 e. The third kappa shape index (κ3) is 3.27. The molecule has 2 aliphatic rings. The number of rotatable bonds is 5. The summed E-state index contributed by atoms with van der Waals surface area (Å²) in [4.78, 5) is 13.6. The van der Waals surface area contributed by atoms with Gasteiger partial charge in [-0.15, -0.1) is 0 Å². The van der Waals surface area contributed by atoms with Crippen LogP contribution in [0.4, 0.5) is 13.2 Å². The molecule has 0 saturated heterocycles. The fraction of sp³-hybridized carbons (Fsp3) is 0.444. The highest BCUT2D eigenvalue weighted by atomic mass is 19.4. The Balaban J connectivity index is 1.51. The second kappa shape index (κ2) is 6.34.